The molecule has 0 atom stereocenters. The Kier molecular flexibility index (Phi) is 6.17. The lowest BCUT2D eigenvalue weighted by molar-refractivity contribution is 0.572. The lowest BCUT2D eigenvalue weighted by Gasteiger charge is -2.16. The Labute approximate surface area is 143 Å². The number of sulfonamides is 1. The zero-order valence-corrected chi connectivity index (χ0v) is 14.9. The number of guanidine groups is 1. The van der Waals surface area contributed by atoms with Crippen LogP contribution < -0.4 is 15.4 Å². The van der Waals surface area contributed by atoms with E-state index in [0.717, 1.165) is 24.7 Å². The van der Waals surface area contributed by atoms with E-state index in [9.17, 15) is 12.8 Å². The van der Waals surface area contributed by atoms with Gasteiger partial charge in [0, 0.05) is 25.0 Å². The van der Waals surface area contributed by atoms with Gasteiger partial charge in [0.1, 0.15) is 5.82 Å². The van der Waals surface area contributed by atoms with Crippen molar-refractivity contribution < 1.29 is 12.8 Å². The highest BCUT2D eigenvalue weighted by Gasteiger charge is 2.45. The third-order valence-electron chi connectivity index (χ3n) is 3.96. The molecule has 0 aliphatic heterocycles. The van der Waals surface area contributed by atoms with Crippen molar-refractivity contribution in [2.75, 3.05) is 32.4 Å². The highest BCUT2D eigenvalue weighted by Crippen LogP contribution is 2.49. The monoisotopic (exact) mass is 356 g/mol. The number of hydrogen-bond acceptors (Lipinski definition) is 3. The van der Waals surface area contributed by atoms with Crippen molar-refractivity contribution in [3.05, 3.63) is 35.6 Å². The van der Waals surface area contributed by atoms with E-state index in [1.165, 1.54) is 6.07 Å². The van der Waals surface area contributed by atoms with Crippen molar-refractivity contribution in [2.24, 2.45) is 4.99 Å². The van der Waals surface area contributed by atoms with Crippen LogP contribution in [-0.4, -0.2) is 46.8 Å². The van der Waals surface area contributed by atoms with Gasteiger partial charge in [0.15, 0.2) is 5.96 Å². The number of benzene rings is 1. The van der Waals surface area contributed by atoms with Crippen molar-refractivity contribution in [3.63, 3.8) is 0 Å². The summed E-state index contributed by atoms with van der Waals surface area (Å²) >= 11 is 0. The summed E-state index contributed by atoms with van der Waals surface area (Å²) in [5.41, 5.74) is 0.516. The molecule has 1 saturated carbocycles. The first-order valence-electron chi connectivity index (χ1n) is 8.08. The first kappa shape index (κ1) is 18.7. The Morgan fingerprint density at radius 3 is 2.54 bits per heavy atom. The van der Waals surface area contributed by atoms with Crippen LogP contribution in [0.3, 0.4) is 0 Å². The van der Waals surface area contributed by atoms with Gasteiger partial charge in [-0.25, -0.2) is 17.5 Å². The fraction of sp³-hybridized carbons (Fsp3) is 0.562. The molecule has 0 spiro atoms. The van der Waals surface area contributed by atoms with Crippen LogP contribution in [-0.2, 0) is 15.4 Å². The van der Waals surface area contributed by atoms with Crippen LogP contribution in [0.1, 0.15) is 25.3 Å². The molecule has 0 saturated heterocycles. The number of hydrogen-bond donors (Lipinski definition) is 3. The molecule has 0 aromatic heterocycles. The molecule has 1 fully saturated rings. The zero-order chi connectivity index (χ0) is 17.6. The molecule has 1 aromatic carbocycles. The van der Waals surface area contributed by atoms with E-state index >= 15 is 0 Å². The van der Waals surface area contributed by atoms with Crippen LogP contribution >= 0.6 is 0 Å². The van der Waals surface area contributed by atoms with Gasteiger partial charge < -0.3 is 10.6 Å². The lowest BCUT2D eigenvalue weighted by atomic mass is 9.95. The first-order valence-corrected chi connectivity index (χ1v) is 9.97. The van der Waals surface area contributed by atoms with E-state index < -0.39 is 10.0 Å². The number of nitrogens with zero attached hydrogens (tertiary/aromatic N) is 1. The van der Waals surface area contributed by atoms with E-state index in [2.05, 4.69) is 20.3 Å². The van der Waals surface area contributed by atoms with E-state index in [1.807, 2.05) is 19.1 Å². The van der Waals surface area contributed by atoms with Crippen LogP contribution in [0, 0.1) is 5.82 Å². The highest BCUT2D eigenvalue weighted by atomic mass is 32.2. The average Bonchev–Trinajstić information content (AvgIpc) is 3.29. The van der Waals surface area contributed by atoms with Crippen molar-refractivity contribution in [1.29, 1.82) is 0 Å². The summed E-state index contributed by atoms with van der Waals surface area (Å²) in [6.07, 6.45) is 2.97. The maximum absolute atomic E-state index is 14.0. The molecular formula is C16H25FN4O2S. The summed E-state index contributed by atoms with van der Waals surface area (Å²) in [6, 6.07) is 6.86. The highest BCUT2D eigenvalue weighted by molar-refractivity contribution is 7.88. The van der Waals surface area contributed by atoms with Crippen molar-refractivity contribution in [2.45, 2.75) is 25.2 Å². The van der Waals surface area contributed by atoms with Crippen LogP contribution in [0.2, 0.25) is 0 Å². The van der Waals surface area contributed by atoms with Gasteiger partial charge in [-0.1, -0.05) is 18.2 Å². The van der Waals surface area contributed by atoms with Crippen molar-refractivity contribution in [1.82, 2.24) is 15.4 Å². The molecule has 0 amide bonds. The van der Waals surface area contributed by atoms with Crippen LogP contribution in [0.5, 0.6) is 0 Å². The number of halogens is 1. The van der Waals surface area contributed by atoms with Crippen molar-refractivity contribution in [3.8, 4) is 0 Å². The van der Waals surface area contributed by atoms with Crippen LogP contribution in [0.4, 0.5) is 4.39 Å². The summed E-state index contributed by atoms with van der Waals surface area (Å²) < 4.78 is 38.5. The van der Waals surface area contributed by atoms with Gasteiger partial charge in [0.25, 0.3) is 0 Å². The summed E-state index contributed by atoms with van der Waals surface area (Å²) in [4.78, 5) is 4.55. The molecule has 0 bridgehead atoms. The van der Waals surface area contributed by atoms with Gasteiger partial charge in [0.2, 0.25) is 10.0 Å². The maximum atomic E-state index is 14.0. The second kappa shape index (κ2) is 7.94. The Bertz CT molecular complexity index is 687. The van der Waals surface area contributed by atoms with E-state index in [4.69, 9.17) is 0 Å². The average molecular weight is 356 g/mol. The third kappa shape index (κ3) is 5.45. The van der Waals surface area contributed by atoms with Gasteiger partial charge in [0.05, 0.1) is 12.8 Å². The number of aliphatic imine (C=N–C) groups is 1. The smallest absolute Gasteiger partial charge is 0.208 e. The predicted molar refractivity (Wildman–Crippen MR) is 94.1 cm³/mol. The lowest BCUT2D eigenvalue weighted by Crippen LogP contribution is -2.41. The van der Waals surface area contributed by atoms with E-state index in [-0.39, 0.29) is 17.8 Å². The summed E-state index contributed by atoms with van der Waals surface area (Å²) in [5.74, 6) is 0.427. The molecule has 2 rings (SSSR count). The van der Waals surface area contributed by atoms with Gasteiger partial charge >= 0.3 is 0 Å². The molecule has 8 heteroatoms. The number of nitrogens with one attached hydrogen (secondary N) is 3. The largest absolute Gasteiger partial charge is 0.357 e. The van der Waals surface area contributed by atoms with Gasteiger partial charge in [-0.2, -0.15) is 0 Å². The van der Waals surface area contributed by atoms with E-state index in [1.54, 1.807) is 6.07 Å². The van der Waals surface area contributed by atoms with Crippen LogP contribution in [0.15, 0.2) is 29.3 Å². The second-order valence-electron chi connectivity index (χ2n) is 6.05. The molecule has 1 aromatic rings. The number of rotatable bonds is 8. The van der Waals surface area contributed by atoms with Gasteiger partial charge in [-0.3, -0.25) is 4.99 Å². The SMILES string of the molecule is CCNC(=NCC1(c2ccccc2F)CC1)NCCNS(C)(=O)=O. The Morgan fingerprint density at radius 1 is 1.25 bits per heavy atom. The molecular weight excluding hydrogens is 331 g/mol. The minimum Gasteiger partial charge on any atom is -0.357 e. The van der Waals surface area contributed by atoms with Crippen molar-refractivity contribution >= 4 is 16.0 Å². The minimum absolute atomic E-state index is 0.180. The molecule has 3 N–H and O–H groups in total. The zero-order valence-electron chi connectivity index (χ0n) is 14.1. The molecule has 0 radical (unpaired) electrons. The molecule has 0 heterocycles. The fourth-order valence-electron chi connectivity index (χ4n) is 2.54. The first-order chi connectivity index (χ1) is 11.4. The third-order valence-corrected chi connectivity index (χ3v) is 4.69. The van der Waals surface area contributed by atoms with Gasteiger partial charge in [-0.05, 0) is 31.4 Å². The van der Waals surface area contributed by atoms with Gasteiger partial charge in [-0.15, -0.1) is 0 Å². The Morgan fingerprint density at radius 2 is 1.96 bits per heavy atom. The molecule has 6 nitrogen and oxygen atoms in total. The molecule has 0 unspecified atom stereocenters. The standard InChI is InChI=1S/C16H25FN4O2S/c1-3-18-15(19-10-11-21-24(2,22)23)20-12-16(8-9-16)13-6-4-5-7-14(13)17/h4-7,21H,3,8-12H2,1-2H3,(H2,18,19,20). The fourth-order valence-corrected chi connectivity index (χ4v) is 3.02. The summed E-state index contributed by atoms with van der Waals surface area (Å²) in [6.45, 7) is 3.85. The predicted octanol–water partition coefficient (Wildman–Crippen LogP) is 0.962. The second-order valence-corrected chi connectivity index (χ2v) is 7.88. The molecule has 24 heavy (non-hydrogen) atoms. The molecule has 1 aliphatic rings. The molecule has 134 valence electrons. The van der Waals surface area contributed by atoms with Crippen LogP contribution in [0.25, 0.3) is 0 Å². The summed E-state index contributed by atoms with van der Waals surface area (Å²) in [5, 5.41) is 6.19. The topological polar surface area (TPSA) is 82.6 Å². The Balaban J connectivity index is 1.94. The quantitative estimate of drug-likeness (QED) is 0.368. The normalized spacial score (nSPS) is 16.7. The Hall–Kier alpha value is -1.67. The van der Waals surface area contributed by atoms with E-state index in [0.29, 0.717) is 25.6 Å². The minimum atomic E-state index is -3.19. The summed E-state index contributed by atoms with van der Waals surface area (Å²) in [7, 11) is -3.19. The molecule has 1 aliphatic carbocycles. The maximum Gasteiger partial charge on any atom is 0.208 e.